The topological polar surface area (TPSA) is 48.0 Å². The standard InChI is InChI=1S/C15H22ClNO4/c1-11(16)15(18)17(10-19-2)13-8-6-5-7-12(13)9-14(20-3)21-4/h5-8,11,14H,9-10H2,1-4H3. The minimum atomic E-state index is -0.631. The zero-order valence-electron chi connectivity index (χ0n) is 12.8. The third-order valence-corrected chi connectivity index (χ3v) is 3.25. The van der Waals surface area contributed by atoms with Crippen LogP contribution in [0.5, 0.6) is 0 Å². The normalized spacial score (nSPS) is 12.5. The molecule has 0 saturated heterocycles. The largest absolute Gasteiger partial charge is 0.364 e. The molecule has 6 heteroatoms. The van der Waals surface area contributed by atoms with Gasteiger partial charge in [0.2, 0.25) is 5.91 Å². The Bertz CT molecular complexity index is 449. The van der Waals surface area contributed by atoms with Gasteiger partial charge in [0, 0.05) is 33.4 Å². The lowest BCUT2D eigenvalue weighted by Gasteiger charge is -2.26. The zero-order chi connectivity index (χ0) is 15.8. The van der Waals surface area contributed by atoms with E-state index in [4.69, 9.17) is 25.8 Å². The molecule has 0 fully saturated rings. The van der Waals surface area contributed by atoms with Crippen molar-refractivity contribution >= 4 is 23.2 Å². The van der Waals surface area contributed by atoms with Gasteiger partial charge in [-0.1, -0.05) is 18.2 Å². The average Bonchev–Trinajstić information content (AvgIpc) is 2.50. The average molecular weight is 316 g/mol. The van der Waals surface area contributed by atoms with Gasteiger partial charge < -0.3 is 14.2 Å². The molecule has 1 aromatic rings. The van der Waals surface area contributed by atoms with Crippen molar-refractivity contribution in [3.05, 3.63) is 29.8 Å². The van der Waals surface area contributed by atoms with Gasteiger partial charge in [-0.2, -0.15) is 0 Å². The lowest BCUT2D eigenvalue weighted by molar-refractivity contribution is -0.119. The molecule has 0 heterocycles. The first-order valence-electron chi connectivity index (χ1n) is 6.63. The fourth-order valence-corrected chi connectivity index (χ4v) is 2.10. The number of amides is 1. The van der Waals surface area contributed by atoms with Crippen molar-refractivity contribution in [2.45, 2.75) is 25.0 Å². The van der Waals surface area contributed by atoms with Crippen LogP contribution in [-0.4, -0.2) is 45.6 Å². The minimum Gasteiger partial charge on any atom is -0.364 e. The van der Waals surface area contributed by atoms with Crippen molar-refractivity contribution in [2.75, 3.05) is 33.0 Å². The Hall–Kier alpha value is -1.14. The lowest BCUT2D eigenvalue weighted by Crippen LogP contribution is -2.38. The molecule has 21 heavy (non-hydrogen) atoms. The second-order valence-corrected chi connectivity index (χ2v) is 5.19. The van der Waals surface area contributed by atoms with Crippen LogP contribution in [0.3, 0.4) is 0 Å². The first-order valence-corrected chi connectivity index (χ1v) is 7.06. The third kappa shape index (κ3) is 4.97. The van der Waals surface area contributed by atoms with E-state index < -0.39 is 5.38 Å². The zero-order valence-corrected chi connectivity index (χ0v) is 13.6. The highest BCUT2D eigenvalue weighted by molar-refractivity contribution is 6.32. The number of benzene rings is 1. The number of methoxy groups -OCH3 is 3. The smallest absolute Gasteiger partial charge is 0.246 e. The fourth-order valence-electron chi connectivity index (χ4n) is 1.98. The molecule has 5 nitrogen and oxygen atoms in total. The first kappa shape index (κ1) is 17.9. The Kier molecular flexibility index (Phi) is 7.67. The van der Waals surface area contributed by atoms with Crippen LogP contribution in [0.25, 0.3) is 0 Å². The van der Waals surface area contributed by atoms with Crippen LogP contribution in [0.1, 0.15) is 12.5 Å². The Labute approximate surface area is 130 Å². The molecule has 0 spiro atoms. The van der Waals surface area contributed by atoms with Crippen LogP contribution in [0.4, 0.5) is 5.69 Å². The van der Waals surface area contributed by atoms with Crippen molar-refractivity contribution in [2.24, 2.45) is 0 Å². The highest BCUT2D eigenvalue weighted by Gasteiger charge is 2.23. The van der Waals surface area contributed by atoms with E-state index in [9.17, 15) is 4.79 Å². The number of carbonyl (C=O) groups is 1. The summed E-state index contributed by atoms with van der Waals surface area (Å²) >= 11 is 5.93. The van der Waals surface area contributed by atoms with Crippen LogP contribution < -0.4 is 4.90 Å². The second-order valence-electron chi connectivity index (χ2n) is 4.53. The predicted molar refractivity (Wildman–Crippen MR) is 82.6 cm³/mol. The molecular formula is C15H22ClNO4. The van der Waals surface area contributed by atoms with Crippen LogP contribution in [0.2, 0.25) is 0 Å². The molecule has 1 aromatic carbocycles. The number of nitrogens with zero attached hydrogens (tertiary/aromatic N) is 1. The molecule has 0 bridgehead atoms. The summed E-state index contributed by atoms with van der Waals surface area (Å²) in [5.74, 6) is -0.211. The summed E-state index contributed by atoms with van der Waals surface area (Å²) in [6, 6.07) is 7.55. The minimum absolute atomic E-state index is 0.136. The van der Waals surface area contributed by atoms with E-state index in [0.717, 1.165) is 11.3 Å². The number of alkyl halides is 1. The summed E-state index contributed by atoms with van der Waals surface area (Å²) in [6.07, 6.45) is 0.145. The summed E-state index contributed by atoms with van der Waals surface area (Å²) in [6.45, 7) is 1.78. The van der Waals surface area contributed by atoms with Gasteiger partial charge in [-0.15, -0.1) is 11.6 Å². The van der Waals surface area contributed by atoms with Crippen LogP contribution in [-0.2, 0) is 25.4 Å². The van der Waals surface area contributed by atoms with E-state index in [0.29, 0.717) is 6.42 Å². The molecule has 0 aliphatic rings. The number of anilines is 1. The SMILES string of the molecule is COCN(C(=O)C(C)Cl)c1ccccc1CC(OC)OC. The van der Waals surface area contributed by atoms with Gasteiger partial charge in [-0.3, -0.25) is 9.69 Å². The van der Waals surface area contributed by atoms with Crippen molar-refractivity contribution in [1.29, 1.82) is 0 Å². The van der Waals surface area contributed by atoms with Crippen LogP contribution in [0, 0.1) is 0 Å². The number of ether oxygens (including phenoxy) is 3. The van der Waals surface area contributed by atoms with Crippen molar-refractivity contribution in [1.82, 2.24) is 0 Å². The number of para-hydroxylation sites is 1. The molecule has 0 saturated carbocycles. The Morgan fingerprint density at radius 1 is 1.24 bits per heavy atom. The molecule has 0 aromatic heterocycles. The maximum absolute atomic E-state index is 12.3. The predicted octanol–water partition coefficient (Wildman–Crippen LogP) is 2.41. The van der Waals surface area contributed by atoms with Crippen molar-refractivity contribution in [3.63, 3.8) is 0 Å². The number of halogens is 1. The lowest BCUT2D eigenvalue weighted by atomic mass is 10.1. The van der Waals surface area contributed by atoms with E-state index >= 15 is 0 Å². The molecule has 0 aliphatic heterocycles. The van der Waals surface area contributed by atoms with Gasteiger partial charge in [0.15, 0.2) is 6.29 Å². The van der Waals surface area contributed by atoms with E-state index in [1.165, 1.54) is 12.0 Å². The Balaban J connectivity index is 3.10. The highest BCUT2D eigenvalue weighted by Crippen LogP contribution is 2.24. The quantitative estimate of drug-likeness (QED) is 0.546. The summed E-state index contributed by atoms with van der Waals surface area (Å²) in [4.78, 5) is 13.8. The Morgan fingerprint density at radius 2 is 1.86 bits per heavy atom. The number of hydrogen-bond donors (Lipinski definition) is 0. The van der Waals surface area contributed by atoms with Crippen LogP contribution >= 0.6 is 11.6 Å². The molecule has 1 atom stereocenters. The number of hydrogen-bond acceptors (Lipinski definition) is 4. The summed E-state index contributed by atoms with van der Waals surface area (Å²) in [7, 11) is 4.69. The van der Waals surface area contributed by atoms with Crippen molar-refractivity contribution in [3.8, 4) is 0 Å². The second kappa shape index (κ2) is 9.00. The molecule has 1 amide bonds. The first-order chi connectivity index (χ1) is 10.0. The number of rotatable bonds is 8. The maximum Gasteiger partial charge on any atom is 0.246 e. The molecular weight excluding hydrogens is 294 g/mol. The van der Waals surface area contributed by atoms with Gasteiger partial charge in [-0.05, 0) is 18.6 Å². The molecule has 0 aliphatic carbocycles. The van der Waals surface area contributed by atoms with Crippen LogP contribution in [0.15, 0.2) is 24.3 Å². The van der Waals surface area contributed by atoms with Gasteiger partial charge in [0.05, 0.1) is 0 Å². The van der Waals surface area contributed by atoms with E-state index in [1.54, 1.807) is 21.1 Å². The van der Waals surface area contributed by atoms with Gasteiger partial charge in [-0.25, -0.2) is 0 Å². The molecule has 0 N–H and O–H groups in total. The van der Waals surface area contributed by atoms with Gasteiger partial charge in [0.1, 0.15) is 12.1 Å². The van der Waals surface area contributed by atoms with Gasteiger partial charge in [0.25, 0.3) is 0 Å². The van der Waals surface area contributed by atoms with Gasteiger partial charge >= 0.3 is 0 Å². The maximum atomic E-state index is 12.3. The number of carbonyl (C=O) groups excluding carboxylic acids is 1. The third-order valence-electron chi connectivity index (χ3n) is 3.06. The fraction of sp³-hybridized carbons (Fsp3) is 0.533. The monoisotopic (exact) mass is 315 g/mol. The molecule has 0 radical (unpaired) electrons. The summed E-state index contributed by atoms with van der Waals surface area (Å²) in [5.41, 5.74) is 1.67. The Morgan fingerprint density at radius 3 is 2.38 bits per heavy atom. The highest BCUT2D eigenvalue weighted by atomic mass is 35.5. The summed E-state index contributed by atoms with van der Waals surface area (Å²) < 4.78 is 15.6. The molecule has 1 rings (SSSR count). The van der Waals surface area contributed by atoms with E-state index in [-0.39, 0.29) is 18.9 Å². The van der Waals surface area contributed by atoms with E-state index in [1.807, 2.05) is 24.3 Å². The summed E-state index contributed by atoms with van der Waals surface area (Å²) in [5, 5.41) is -0.631. The molecule has 118 valence electrons. The van der Waals surface area contributed by atoms with E-state index in [2.05, 4.69) is 0 Å². The van der Waals surface area contributed by atoms with Crippen molar-refractivity contribution < 1.29 is 19.0 Å². The molecule has 1 unspecified atom stereocenters.